The van der Waals surface area contributed by atoms with Gasteiger partial charge in [-0.3, -0.25) is 4.79 Å². The largest absolute Gasteiger partial charge is 0.497 e. The summed E-state index contributed by atoms with van der Waals surface area (Å²) in [6, 6.07) is 12.2. The SMILES string of the molecule is COc1ccc2cc([C@H](C)C(=O)NCCN3CC(C)CC(C)C3)ccc2c1. The minimum atomic E-state index is -0.157. The summed E-state index contributed by atoms with van der Waals surface area (Å²) in [4.78, 5) is 15.1. The molecule has 1 heterocycles. The third-order valence-corrected chi connectivity index (χ3v) is 5.64. The van der Waals surface area contributed by atoms with Gasteiger partial charge in [-0.2, -0.15) is 0 Å². The summed E-state index contributed by atoms with van der Waals surface area (Å²) in [5.74, 6) is 2.29. The van der Waals surface area contributed by atoms with E-state index in [1.165, 1.54) is 6.42 Å². The molecule has 1 aliphatic rings. The lowest BCUT2D eigenvalue weighted by atomic mass is 9.92. The first kappa shape index (κ1) is 19.7. The van der Waals surface area contributed by atoms with Crippen LogP contribution in [0.25, 0.3) is 10.8 Å². The lowest BCUT2D eigenvalue weighted by Crippen LogP contribution is -2.43. The first-order valence-corrected chi connectivity index (χ1v) is 10.0. The predicted octanol–water partition coefficient (Wildman–Crippen LogP) is 4.05. The zero-order valence-corrected chi connectivity index (χ0v) is 17.0. The molecule has 1 amide bonds. The number of piperidine rings is 1. The predicted molar refractivity (Wildman–Crippen MR) is 111 cm³/mol. The molecule has 0 bridgehead atoms. The van der Waals surface area contributed by atoms with Crippen molar-refractivity contribution in [2.24, 2.45) is 11.8 Å². The summed E-state index contributed by atoms with van der Waals surface area (Å²) in [5, 5.41) is 5.38. The van der Waals surface area contributed by atoms with Crippen molar-refractivity contribution in [3.63, 3.8) is 0 Å². The zero-order valence-electron chi connectivity index (χ0n) is 17.0. The number of ether oxygens (including phenoxy) is 1. The van der Waals surface area contributed by atoms with Crippen LogP contribution in [0.1, 0.15) is 38.7 Å². The van der Waals surface area contributed by atoms with E-state index in [0.29, 0.717) is 6.54 Å². The molecule has 1 N–H and O–H groups in total. The highest BCUT2D eigenvalue weighted by molar-refractivity contribution is 5.88. The van der Waals surface area contributed by atoms with Crippen LogP contribution in [0.5, 0.6) is 5.75 Å². The van der Waals surface area contributed by atoms with Crippen LogP contribution >= 0.6 is 0 Å². The van der Waals surface area contributed by atoms with Gasteiger partial charge in [0.25, 0.3) is 0 Å². The van der Waals surface area contributed by atoms with Crippen molar-refractivity contribution in [2.45, 2.75) is 33.1 Å². The zero-order chi connectivity index (χ0) is 19.4. The lowest BCUT2D eigenvalue weighted by molar-refractivity contribution is -0.122. The van der Waals surface area contributed by atoms with E-state index >= 15 is 0 Å². The third-order valence-electron chi connectivity index (χ3n) is 5.64. The highest BCUT2D eigenvalue weighted by Gasteiger charge is 2.22. The van der Waals surface area contributed by atoms with Gasteiger partial charge >= 0.3 is 0 Å². The Kier molecular flexibility index (Phi) is 6.38. The topological polar surface area (TPSA) is 41.6 Å². The molecular weight excluding hydrogens is 336 g/mol. The summed E-state index contributed by atoms with van der Waals surface area (Å²) in [6.07, 6.45) is 1.31. The maximum atomic E-state index is 12.6. The normalized spacial score (nSPS) is 21.8. The maximum absolute atomic E-state index is 12.6. The number of methoxy groups -OCH3 is 1. The van der Waals surface area contributed by atoms with Crippen LogP contribution in [-0.4, -0.2) is 44.1 Å². The number of nitrogens with zero attached hydrogens (tertiary/aromatic N) is 1. The van der Waals surface area contributed by atoms with Crippen molar-refractivity contribution < 1.29 is 9.53 Å². The van der Waals surface area contributed by atoms with Gasteiger partial charge in [-0.1, -0.05) is 38.1 Å². The van der Waals surface area contributed by atoms with Crippen molar-refractivity contribution in [2.75, 3.05) is 33.3 Å². The molecule has 3 rings (SSSR count). The van der Waals surface area contributed by atoms with E-state index < -0.39 is 0 Å². The van der Waals surface area contributed by atoms with E-state index in [2.05, 4.69) is 36.2 Å². The van der Waals surface area contributed by atoms with Crippen molar-refractivity contribution in [3.8, 4) is 5.75 Å². The summed E-state index contributed by atoms with van der Waals surface area (Å²) in [6.45, 7) is 10.5. The number of amides is 1. The molecule has 1 fully saturated rings. The molecule has 27 heavy (non-hydrogen) atoms. The molecule has 3 atom stereocenters. The Morgan fingerprint density at radius 2 is 1.81 bits per heavy atom. The number of rotatable bonds is 6. The van der Waals surface area contributed by atoms with Crippen LogP contribution in [0.4, 0.5) is 0 Å². The maximum Gasteiger partial charge on any atom is 0.227 e. The fourth-order valence-corrected chi connectivity index (χ4v) is 4.25. The van der Waals surface area contributed by atoms with Gasteiger partial charge < -0.3 is 15.0 Å². The summed E-state index contributed by atoms with van der Waals surface area (Å²) in [7, 11) is 1.67. The Morgan fingerprint density at radius 1 is 1.15 bits per heavy atom. The van der Waals surface area contributed by atoms with E-state index in [9.17, 15) is 4.79 Å². The second-order valence-electron chi connectivity index (χ2n) is 8.19. The van der Waals surface area contributed by atoms with Gasteiger partial charge in [0.1, 0.15) is 5.75 Å². The first-order valence-electron chi connectivity index (χ1n) is 10.0. The molecule has 4 nitrogen and oxygen atoms in total. The number of benzene rings is 2. The Labute approximate surface area is 162 Å². The number of carbonyl (C=O) groups excluding carboxylic acids is 1. The number of hydrogen-bond acceptors (Lipinski definition) is 3. The Bertz CT molecular complexity index is 779. The molecular formula is C23H32N2O2. The minimum Gasteiger partial charge on any atom is -0.497 e. The summed E-state index contributed by atoms with van der Waals surface area (Å²) in [5.41, 5.74) is 1.05. The molecule has 2 aromatic carbocycles. The van der Waals surface area contributed by atoms with Crippen LogP contribution in [0.15, 0.2) is 36.4 Å². The van der Waals surface area contributed by atoms with Gasteiger partial charge in [-0.05, 0) is 53.6 Å². The fourth-order valence-electron chi connectivity index (χ4n) is 4.25. The fraction of sp³-hybridized carbons (Fsp3) is 0.522. The molecule has 2 unspecified atom stereocenters. The van der Waals surface area contributed by atoms with Gasteiger partial charge in [0.05, 0.1) is 13.0 Å². The quantitative estimate of drug-likeness (QED) is 0.836. The van der Waals surface area contributed by atoms with Gasteiger partial charge in [-0.25, -0.2) is 0 Å². The number of fused-ring (bicyclic) bond motifs is 1. The highest BCUT2D eigenvalue weighted by Crippen LogP contribution is 2.25. The van der Waals surface area contributed by atoms with E-state index in [4.69, 9.17) is 4.74 Å². The molecule has 2 aromatic rings. The van der Waals surface area contributed by atoms with Crippen LogP contribution in [-0.2, 0) is 4.79 Å². The van der Waals surface area contributed by atoms with Crippen LogP contribution in [0, 0.1) is 11.8 Å². The summed E-state index contributed by atoms with van der Waals surface area (Å²) < 4.78 is 5.28. The third kappa shape index (κ3) is 5.01. The smallest absolute Gasteiger partial charge is 0.227 e. The molecule has 0 aliphatic carbocycles. The monoisotopic (exact) mass is 368 g/mol. The standard InChI is InChI=1S/C23H32N2O2/c1-16-11-17(2)15-25(14-16)10-9-24-23(26)18(3)19-5-6-21-13-22(27-4)8-7-20(21)12-19/h5-8,12-13,16-18H,9-11,14-15H2,1-4H3,(H,24,26)/t16?,17?,18-/m0/s1. The van der Waals surface area contributed by atoms with Crippen molar-refractivity contribution in [1.82, 2.24) is 10.2 Å². The van der Waals surface area contributed by atoms with Crippen molar-refractivity contribution in [3.05, 3.63) is 42.0 Å². The van der Waals surface area contributed by atoms with Gasteiger partial charge in [0.15, 0.2) is 0 Å². The lowest BCUT2D eigenvalue weighted by Gasteiger charge is -2.35. The highest BCUT2D eigenvalue weighted by atomic mass is 16.5. The second-order valence-corrected chi connectivity index (χ2v) is 8.19. The van der Waals surface area contributed by atoms with E-state index in [0.717, 1.165) is 53.6 Å². The Morgan fingerprint density at radius 3 is 2.52 bits per heavy atom. The van der Waals surface area contributed by atoms with Crippen molar-refractivity contribution >= 4 is 16.7 Å². The van der Waals surface area contributed by atoms with E-state index in [-0.39, 0.29) is 11.8 Å². The molecule has 0 spiro atoms. The van der Waals surface area contributed by atoms with Gasteiger partial charge in [-0.15, -0.1) is 0 Å². The molecule has 4 heteroatoms. The molecule has 146 valence electrons. The number of likely N-dealkylation sites (tertiary alicyclic amines) is 1. The summed E-state index contributed by atoms with van der Waals surface area (Å²) >= 11 is 0. The average molecular weight is 369 g/mol. The Balaban J connectivity index is 1.56. The molecule has 1 aliphatic heterocycles. The molecule has 0 saturated carbocycles. The van der Waals surface area contributed by atoms with Crippen LogP contribution in [0.3, 0.4) is 0 Å². The molecule has 0 radical (unpaired) electrons. The first-order chi connectivity index (χ1) is 13.0. The Hall–Kier alpha value is -2.07. The van der Waals surface area contributed by atoms with Crippen molar-refractivity contribution in [1.29, 1.82) is 0 Å². The van der Waals surface area contributed by atoms with Gasteiger partial charge in [0.2, 0.25) is 5.91 Å². The van der Waals surface area contributed by atoms with Crippen LogP contribution < -0.4 is 10.1 Å². The van der Waals surface area contributed by atoms with Gasteiger partial charge in [0, 0.05) is 26.2 Å². The number of carbonyl (C=O) groups is 1. The number of hydrogen-bond donors (Lipinski definition) is 1. The average Bonchev–Trinajstić information content (AvgIpc) is 2.65. The van der Waals surface area contributed by atoms with Crippen LogP contribution in [0.2, 0.25) is 0 Å². The van der Waals surface area contributed by atoms with E-state index in [1.54, 1.807) is 7.11 Å². The van der Waals surface area contributed by atoms with E-state index in [1.807, 2.05) is 31.2 Å². The molecule has 1 saturated heterocycles. The second kappa shape index (κ2) is 8.75. The molecule has 0 aromatic heterocycles. The minimum absolute atomic E-state index is 0.0981. The number of nitrogens with one attached hydrogen (secondary N) is 1.